The maximum absolute atomic E-state index is 11.4. The Morgan fingerprint density at radius 1 is 1.41 bits per heavy atom. The van der Waals surface area contributed by atoms with Gasteiger partial charge in [-0.2, -0.15) is 0 Å². The molecule has 0 aliphatic rings. The number of carboxylic acids is 1. The number of likely N-dealkylation sites (N-methyl/N-ethyl adjacent to an activating group) is 1. The van der Waals surface area contributed by atoms with Crippen molar-refractivity contribution >= 4 is 16.0 Å². The first-order valence-electron chi connectivity index (χ1n) is 5.10. The van der Waals surface area contributed by atoms with Gasteiger partial charge in [-0.05, 0) is 21.0 Å². The van der Waals surface area contributed by atoms with Gasteiger partial charge in [-0.1, -0.05) is 0 Å². The number of sulfonamides is 1. The van der Waals surface area contributed by atoms with Crippen LogP contribution in [0.2, 0.25) is 0 Å². The zero-order valence-corrected chi connectivity index (χ0v) is 11.1. The van der Waals surface area contributed by atoms with Crippen molar-refractivity contribution in [1.29, 1.82) is 0 Å². The topological polar surface area (TPSA) is 107 Å². The molecule has 0 aliphatic carbocycles. The average molecular weight is 268 g/mol. The Kier molecular flexibility index (Phi) is 6.03. The fraction of sp³-hybridized carbons (Fsp3) is 0.889. The molecule has 0 spiro atoms. The molecule has 3 N–H and O–H groups in total. The molecule has 0 aromatic carbocycles. The average Bonchev–Trinajstić information content (AvgIpc) is 2.10. The van der Waals surface area contributed by atoms with Crippen molar-refractivity contribution in [2.75, 3.05) is 32.9 Å². The van der Waals surface area contributed by atoms with Crippen LogP contribution in [0.3, 0.4) is 0 Å². The first kappa shape index (κ1) is 16.3. The Balaban J connectivity index is 4.21. The predicted molar refractivity (Wildman–Crippen MR) is 63.2 cm³/mol. The fourth-order valence-electron chi connectivity index (χ4n) is 1.30. The van der Waals surface area contributed by atoms with Gasteiger partial charge in [-0.15, -0.1) is 0 Å². The molecule has 0 rings (SSSR count). The highest BCUT2D eigenvalue weighted by molar-refractivity contribution is 7.89. The molecule has 17 heavy (non-hydrogen) atoms. The fourth-order valence-corrected chi connectivity index (χ4v) is 2.41. The highest BCUT2D eigenvalue weighted by Gasteiger charge is 2.24. The van der Waals surface area contributed by atoms with Crippen molar-refractivity contribution in [1.82, 2.24) is 9.62 Å². The SMILES string of the molecule is CN(C)CC(C)(O)CNS(=O)(=O)CCC(=O)O. The summed E-state index contributed by atoms with van der Waals surface area (Å²) in [6.45, 7) is 1.66. The second kappa shape index (κ2) is 6.29. The number of nitrogens with zero attached hydrogens (tertiary/aromatic N) is 1. The number of aliphatic carboxylic acids is 1. The van der Waals surface area contributed by atoms with Crippen LogP contribution in [0.25, 0.3) is 0 Å². The molecule has 0 bridgehead atoms. The van der Waals surface area contributed by atoms with Gasteiger partial charge >= 0.3 is 5.97 Å². The number of hydrogen-bond donors (Lipinski definition) is 3. The molecule has 0 amide bonds. The minimum atomic E-state index is -3.65. The summed E-state index contributed by atoms with van der Waals surface area (Å²) in [5, 5.41) is 18.2. The zero-order chi connectivity index (χ0) is 13.7. The van der Waals surface area contributed by atoms with Crippen LogP contribution in [0.1, 0.15) is 13.3 Å². The van der Waals surface area contributed by atoms with Crippen LogP contribution in [-0.4, -0.2) is 68.0 Å². The quantitative estimate of drug-likeness (QED) is 0.505. The number of rotatable bonds is 8. The summed E-state index contributed by atoms with van der Waals surface area (Å²) < 4.78 is 24.9. The Morgan fingerprint density at radius 2 is 1.94 bits per heavy atom. The molecule has 1 atom stereocenters. The Labute approximate surface area is 101 Å². The van der Waals surface area contributed by atoms with Crippen LogP contribution in [0.5, 0.6) is 0 Å². The van der Waals surface area contributed by atoms with Crippen molar-refractivity contribution in [2.45, 2.75) is 18.9 Å². The second-order valence-corrected chi connectivity index (χ2v) is 6.44. The summed E-state index contributed by atoms with van der Waals surface area (Å²) in [5.41, 5.74) is -1.19. The lowest BCUT2D eigenvalue weighted by Crippen LogP contribution is -2.47. The number of carbonyl (C=O) groups is 1. The van der Waals surface area contributed by atoms with Crippen LogP contribution >= 0.6 is 0 Å². The van der Waals surface area contributed by atoms with Gasteiger partial charge in [0.15, 0.2) is 0 Å². The molecule has 7 nitrogen and oxygen atoms in total. The third-order valence-corrected chi connectivity index (χ3v) is 3.24. The summed E-state index contributed by atoms with van der Waals surface area (Å²) in [6, 6.07) is 0. The smallest absolute Gasteiger partial charge is 0.304 e. The number of carboxylic acid groups (broad SMARTS) is 1. The summed E-state index contributed by atoms with van der Waals surface area (Å²) in [7, 11) is -0.140. The van der Waals surface area contributed by atoms with E-state index in [1.54, 1.807) is 19.0 Å². The Hall–Kier alpha value is -0.700. The zero-order valence-electron chi connectivity index (χ0n) is 10.3. The minimum Gasteiger partial charge on any atom is -0.481 e. The standard InChI is InChI=1S/C9H20N2O5S/c1-9(14,7-11(2)3)6-10-17(15,16)5-4-8(12)13/h10,14H,4-7H2,1-3H3,(H,12,13). The molecular weight excluding hydrogens is 248 g/mol. The number of aliphatic hydroxyl groups is 1. The summed E-state index contributed by atoms with van der Waals surface area (Å²) >= 11 is 0. The van der Waals surface area contributed by atoms with E-state index in [0.29, 0.717) is 6.54 Å². The van der Waals surface area contributed by atoms with Crippen molar-refractivity contribution in [2.24, 2.45) is 0 Å². The van der Waals surface area contributed by atoms with Crippen LogP contribution < -0.4 is 4.72 Å². The molecule has 8 heteroatoms. The van der Waals surface area contributed by atoms with Crippen molar-refractivity contribution in [3.05, 3.63) is 0 Å². The molecule has 102 valence electrons. The third-order valence-electron chi connectivity index (χ3n) is 1.91. The van der Waals surface area contributed by atoms with Crippen LogP contribution in [-0.2, 0) is 14.8 Å². The van der Waals surface area contributed by atoms with Gasteiger partial charge in [0, 0.05) is 13.1 Å². The lowest BCUT2D eigenvalue weighted by molar-refractivity contribution is -0.136. The Morgan fingerprint density at radius 3 is 2.35 bits per heavy atom. The molecule has 0 aromatic rings. The molecule has 0 saturated heterocycles. The predicted octanol–water partition coefficient (Wildman–Crippen LogP) is -1.31. The molecule has 0 aromatic heterocycles. The maximum atomic E-state index is 11.4. The molecule has 0 saturated carbocycles. The highest BCUT2D eigenvalue weighted by Crippen LogP contribution is 2.03. The van der Waals surface area contributed by atoms with Gasteiger partial charge in [0.1, 0.15) is 0 Å². The molecule has 0 aliphatic heterocycles. The van der Waals surface area contributed by atoms with E-state index in [1.165, 1.54) is 6.92 Å². The monoisotopic (exact) mass is 268 g/mol. The van der Waals surface area contributed by atoms with E-state index < -0.39 is 33.8 Å². The molecule has 1 unspecified atom stereocenters. The maximum Gasteiger partial charge on any atom is 0.304 e. The van der Waals surface area contributed by atoms with Crippen molar-refractivity contribution < 1.29 is 23.4 Å². The second-order valence-electron chi connectivity index (χ2n) is 4.52. The molecular formula is C9H20N2O5S. The number of nitrogens with one attached hydrogen (secondary N) is 1. The van der Waals surface area contributed by atoms with Gasteiger partial charge < -0.3 is 15.1 Å². The van der Waals surface area contributed by atoms with E-state index in [0.717, 1.165) is 0 Å². The largest absolute Gasteiger partial charge is 0.481 e. The lowest BCUT2D eigenvalue weighted by atomic mass is 10.1. The Bertz CT molecular complexity index is 350. The van der Waals surface area contributed by atoms with Crippen LogP contribution in [0, 0.1) is 0 Å². The normalized spacial score (nSPS) is 15.8. The lowest BCUT2D eigenvalue weighted by Gasteiger charge is -2.26. The first-order chi connectivity index (χ1) is 7.54. The molecule has 0 heterocycles. The van der Waals surface area contributed by atoms with E-state index in [4.69, 9.17) is 5.11 Å². The highest BCUT2D eigenvalue weighted by atomic mass is 32.2. The molecule has 0 radical (unpaired) electrons. The van der Waals surface area contributed by atoms with Crippen LogP contribution in [0.4, 0.5) is 0 Å². The van der Waals surface area contributed by atoms with Crippen molar-refractivity contribution in [3.63, 3.8) is 0 Å². The van der Waals surface area contributed by atoms with E-state index >= 15 is 0 Å². The van der Waals surface area contributed by atoms with E-state index in [-0.39, 0.29) is 6.54 Å². The third kappa shape index (κ3) is 9.04. The van der Waals surface area contributed by atoms with E-state index in [1.807, 2.05) is 0 Å². The first-order valence-corrected chi connectivity index (χ1v) is 6.75. The van der Waals surface area contributed by atoms with Gasteiger partial charge in [0.2, 0.25) is 10.0 Å². The summed E-state index contributed by atoms with van der Waals surface area (Å²) in [4.78, 5) is 12.0. The van der Waals surface area contributed by atoms with Gasteiger partial charge in [0.05, 0.1) is 17.8 Å². The van der Waals surface area contributed by atoms with E-state index in [9.17, 15) is 18.3 Å². The van der Waals surface area contributed by atoms with Gasteiger partial charge in [-0.3, -0.25) is 4.79 Å². The van der Waals surface area contributed by atoms with Crippen molar-refractivity contribution in [3.8, 4) is 0 Å². The van der Waals surface area contributed by atoms with Crippen LogP contribution in [0.15, 0.2) is 0 Å². The van der Waals surface area contributed by atoms with E-state index in [2.05, 4.69) is 4.72 Å². The molecule has 0 fully saturated rings. The number of hydrogen-bond acceptors (Lipinski definition) is 5. The summed E-state index contributed by atoms with van der Waals surface area (Å²) in [5.74, 6) is -1.66. The van der Waals surface area contributed by atoms with Gasteiger partial charge in [0.25, 0.3) is 0 Å². The summed E-state index contributed by atoms with van der Waals surface area (Å²) in [6.07, 6.45) is -0.453. The van der Waals surface area contributed by atoms with Gasteiger partial charge in [-0.25, -0.2) is 13.1 Å². The minimum absolute atomic E-state index is 0.146.